The summed E-state index contributed by atoms with van der Waals surface area (Å²) in [6.45, 7) is 1.71. The van der Waals surface area contributed by atoms with E-state index in [1.807, 2.05) is 0 Å². The molecule has 0 aliphatic carbocycles. The van der Waals surface area contributed by atoms with E-state index in [1.54, 1.807) is 13.0 Å². The number of anilines is 1. The molecule has 158 valence electrons. The molecule has 3 heterocycles. The molecule has 1 amide bonds. The van der Waals surface area contributed by atoms with E-state index in [0.717, 1.165) is 6.07 Å². The highest BCUT2D eigenvalue weighted by Crippen LogP contribution is 2.36. The molecule has 3 aromatic heterocycles. The summed E-state index contributed by atoms with van der Waals surface area (Å²) in [6, 6.07) is 9.58. The van der Waals surface area contributed by atoms with Crippen molar-refractivity contribution in [3.63, 3.8) is 0 Å². The number of aromatic nitrogens is 5. The molecule has 8 nitrogen and oxygen atoms in total. The summed E-state index contributed by atoms with van der Waals surface area (Å²) in [7, 11) is 1.43. The van der Waals surface area contributed by atoms with E-state index in [9.17, 15) is 18.0 Å². The van der Waals surface area contributed by atoms with E-state index < -0.39 is 17.6 Å². The van der Waals surface area contributed by atoms with Gasteiger partial charge in [-0.05, 0) is 25.1 Å². The zero-order chi connectivity index (χ0) is 22.2. The Morgan fingerprint density at radius 2 is 1.90 bits per heavy atom. The van der Waals surface area contributed by atoms with Gasteiger partial charge in [0.25, 0.3) is 5.91 Å². The number of halogens is 3. The second kappa shape index (κ2) is 7.67. The average Bonchev–Trinajstić information content (AvgIpc) is 3.16. The fourth-order valence-corrected chi connectivity index (χ4v) is 2.99. The summed E-state index contributed by atoms with van der Waals surface area (Å²) in [5.41, 5.74) is -0.0195. The minimum absolute atomic E-state index is 0.00501. The van der Waals surface area contributed by atoms with Gasteiger partial charge in [-0.15, -0.1) is 0 Å². The molecule has 0 aliphatic heterocycles. The van der Waals surface area contributed by atoms with Crippen LogP contribution in [-0.2, 0) is 6.18 Å². The van der Waals surface area contributed by atoms with E-state index in [4.69, 9.17) is 4.74 Å². The smallest absolute Gasteiger partial charge is 0.417 e. The van der Waals surface area contributed by atoms with E-state index in [1.165, 1.54) is 48.2 Å². The Morgan fingerprint density at radius 1 is 1.13 bits per heavy atom. The number of carbonyl (C=O) groups excluding carboxylic acids is 1. The summed E-state index contributed by atoms with van der Waals surface area (Å²) >= 11 is 0. The number of alkyl halides is 3. The van der Waals surface area contributed by atoms with Crippen molar-refractivity contribution in [2.24, 2.45) is 0 Å². The molecule has 1 N–H and O–H groups in total. The lowest BCUT2D eigenvalue weighted by molar-refractivity contribution is -0.137. The van der Waals surface area contributed by atoms with Gasteiger partial charge in [-0.2, -0.15) is 23.3 Å². The van der Waals surface area contributed by atoms with Crippen LogP contribution in [0.1, 0.15) is 21.7 Å². The topological polar surface area (TPSA) is 94.3 Å². The molecular formula is C20H15F3N6O2. The first-order valence-corrected chi connectivity index (χ1v) is 8.98. The molecule has 1 aromatic carbocycles. The maximum Gasteiger partial charge on any atom is 0.417 e. The van der Waals surface area contributed by atoms with Gasteiger partial charge >= 0.3 is 6.18 Å². The van der Waals surface area contributed by atoms with Gasteiger partial charge < -0.3 is 4.74 Å². The number of ether oxygens (including phenoxy) is 1. The molecule has 0 atom stereocenters. The minimum Gasteiger partial charge on any atom is -0.481 e. The lowest BCUT2D eigenvalue weighted by Crippen LogP contribution is -2.17. The summed E-state index contributed by atoms with van der Waals surface area (Å²) in [6.07, 6.45) is -3.28. The standard InChI is InChI=1S/C20H15F3N6O2/c1-11-9-17(31-2)26-19(25-11)27-18(30)15-10-24-16-8-7-14(28-29(15)16)12-5-3-4-6-13(12)20(21,22)23/h3-10H,1-2H3,(H,25,26,27,30). The van der Waals surface area contributed by atoms with E-state index >= 15 is 0 Å². The predicted molar refractivity (Wildman–Crippen MR) is 105 cm³/mol. The predicted octanol–water partition coefficient (Wildman–Crippen LogP) is 3.77. The summed E-state index contributed by atoms with van der Waals surface area (Å²) < 4.78 is 46.4. The van der Waals surface area contributed by atoms with E-state index in [0.29, 0.717) is 11.3 Å². The second-order valence-corrected chi connectivity index (χ2v) is 6.50. The van der Waals surface area contributed by atoms with Crippen LogP contribution < -0.4 is 10.1 Å². The summed E-state index contributed by atoms with van der Waals surface area (Å²) in [5.74, 6) is -0.352. The van der Waals surface area contributed by atoms with Crippen LogP contribution in [-0.4, -0.2) is 37.6 Å². The lowest BCUT2D eigenvalue weighted by atomic mass is 10.0. The van der Waals surface area contributed by atoms with Crippen molar-refractivity contribution in [3.05, 3.63) is 65.6 Å². The van der Waals surface area contributed by atoms with Crippen molar-refractivity contribution in [2.45, 2.75) is 13.1 Å². The van der Waals surface area contributed by atoms with Crippen molar-refractivity contribution in [2.75, 3.05) is 12.4 Å². The highest BCUT2D eigenvalue weighted by molar-refractivity contribution is 6.02. The summed E-state index contributed by atoms with van der Waals surface area (Å²) in [4.78, 5) is 25.0. The number of aryl methyl sites for hydroxylation is 1. The number of hydrogen-bond acceptors (Lipinski definition) is 6. The Hall–Kier alpha value is -4.02. The zero-order valence-electron chi connectivity index (χ0n) is 16.3. The molecule has 0 saturated heterocycles. The van der Waals surface area contributed by atoms with Crippen LogP contribution in [0.4, 0.5) is 19.1 Å². The van der Waals surface area contributed by atoms with Crippen molar-refractivity contribution >= 4 is 17.5 Å². The number of fused-ring (bicyclic) bond motifs is 1. The molecule has 0 fully saturated rings. The third kappa shape index (κ3) is 4.02. The number of carbonyl (C=O) groups is 1. The van der Waals surface area contributed by atoms with Gasteiger partial charge in [-0.25, -0.2) is 14.5 Å². The van der Waals surface area contributed by atoms with Gasteiger partial charge in [0.05, 0.1) is 24.6 Å². The largest absolute Gasteiger partial charge is 0.481 e. The number of benzene rings is 1. The normalized spacial score (nSPS) is 11.5. The molecule has 0 unspecified atom stereocenters. The molecule has 4 aromatic rings. The van der Waals surface area contributed by atoms with Crippen molar-refractivity contribution < 1.29 is 22.7 Å². The number of nitrogens with zero attached hydrogens (tertiary/aromatic N) is 5. The molecule has 31 heavy (non-hydrogen) atoms. The molecule has 0 saturated carbocycles. The minimum atomic E-state index is -4.55. The van der Waals surface area contributed by atoms with Gasteiger partial charge in [0.15, 0.2) is 11.3 Å². The Kier molecular flexibility index (Phi) is 5.01. The van der Waals surface area contributed by atoms with Crippen molar-refractivity contribution in [3.8, 4) is 17.1 Å². The van der Waals surface area contributed by atoms with Crippen molar-refractivity contribution in [1.82, 2.24) is 24.6 Å². The Morgan fingerprint density at radius 3 is 2.65 bits per heavy atom. The molecule has 0 radical (unpaired) electrons. The number of hydrogen-bond donors (Lipinski definition) is 1. The molecule has 0 spiro atoms. The van der Waals surface area contributed by atoms with Crippen LogP contribution in [0, 0.1) is 6.92 Å². The van der Waals surface area contributed by atoms with Crippen LogP contribution in [0.2, 0.25) is 0 Å². The number of methoxy groups -OCH3 is 1. The van der Waals surface area contributed by atoms with Gasteiger partial charge in [0, 0.05) is 17.3 Å². The molecule has 0 aliphatic rings. The van der Waals surface area contributed by atoms with E-state index in [-0.39, 0.29) is 28.8 Å². The Balaban J connectivity index is 1.73. The van der Waals surface area contributed by atoms with Crippen LogP contribution >= 0.6 is 0 Å². The number of amides is 1. The lowest BCUT2D eigenvalue weighted by Gasteiger charge is -2.12. The average molecular weight is 428 g/mol. The molecule has 0 bridgehead atoms. The van der Waals surface area contributed by atoms with Gasteiger partial charge in [-0.1, -0.05) is 18.2 Å². The third-order valence-corrected chi connectivity index (χ3v) is 4.37. The second-order valence-electron chi connectivity index (χ2n) is 6.50. The highest BCUT2D eigenvalue weighted by atomic mass is 19.4. The third-order valence-electron chi connectivity index (χ3n) is 4.37. The number of imidazole rings is 1. The van der Waals surface area contributed by atoms with E-state index in [2.05, 4.69) is 25.4 Å². The first-order valence-electron chi connectivity index (χ1n) is 8.98. The fourth-order valence-electron chi connectivity index (χ4n) is 2.99. The number of rotatable bonds is 4. The van der Waals surface area contributed by atoms with Gasteiger partial charge in [-0.3, -0.25) is 10.1 Å². The monoisotopic (exact) mass is 428 g/mol. The first-order chi connectivity index (χ1) is 14.8. The molecular weight excluding hydrogens is 413 g/mol. The van der Waals surface area contributed by atoms with Crippen molar-refractivity contribution in [1.29, 1.82) is 0 Å². The molecule has 4 rings (SSSR count). The zero-order valence-corrected chi connectivity index (χ0v) is 16.3. The number of nitrogens with one attached hydrogen (secondary N) is 1. The first kappa shape index (κ1) is 20.3. The Labute approximate surface area is 173 Å². The summed E-state index contributed by atoms with van der Waals surface area (Å²) in [5, 5.41) is 6.75. The SMILES string of the molecule is COc1cc(C)nc(NC(=O)c2cnc3ccc(-c4ccccc4C(F)(F)F)nn23)n1. The fraction of sp³-hybridized carbons (Fsp3) is 0.150. The van der Waals surface area contributed by atoms with Crippen LogP contribution in [0.15, 0.2) is 48.7 Å². The maximum absolute atomic E-state index is 13.4. The highest BCUT2D eigenvalue weighted by Gasteiger charge is 2.33. The van der Waals surface area contributed by atoms with Crippen LogP contribution in [0.25, 0.3) is 16.9 Å². The Bertz CT molecular complexity index is 1290. The van der Waals surface area contributed by atoms with Crippen LogP contribution in [0.3, 0.4) is 0 Å². The van der Waals surface area contributed by atoms with Crippen LogP contribution in [0.5, 0.6) is 5.88 Å². The molecule has 11 heteroatoms. The van der Waals surface area contributed by atoms with Gasteiger partial charge in [0.2, 0.25) is 11.8 Å². The van der Waals surface area contributed by atoms with Gasteiger partial charge in [0.1, 0.15) is 0 Å². The quantitative estimate of drug-likeness (QED) is 0.532. The maximum atomic E-state index is 13.4.